The quantitative estimate of drug-likeness (QED) is 0.869. The average Bonchev–Trinajstić information content (AvgIpc) is 2.99. The summed E-state index contributed by atoms with van der Waals surface area (Å²) in [6, 6.07) is 10.2. The zero-order chi connectivity index (χ0) is 15.9. The summed E-state index contributed by atoms with van der Waals surface area (Å²) in [6.07, 6.45) is 1.31. The van der Waals surface area contributed by atoms with Crippen molar-refractivity contribution in [3.8, 4) is 6.07 Å². The summed E-state index contributed by atoms with van der Waals surface area (Å²) in [5, 5.41) is 20.7. The average molecular weight is 302 g/mol. The van der Waals surface area contributed by atoms with E-state index in [9.17, 15) is 14.7 Å². The fourth-order valence-electron chi connectivity index (χ4n) is 2.79. The van der Waals surface area contributed by atoms with Crippen molar-refractivity contribution in [1.29, 1.82) is 5.26 Å². The van der Waals surface area contributed by atoms with E-state index in [0.29, 0.717) is 12.8 Å². The van der Waals surface area contributed by atoms with E-state index in [2.05, 4.69) is 11.4 Å². The molecule has 2 rings (SSSR count). The molecule has 0 bridgehead atoms. The van der Waals surface area contributed by atoms with Crippen LogP contribution in [0.4, 0.5) is 4.79 Å². The van der Waals surface area contributed by atoms with Crippen LogP contribution in [0.2, 0.25) is 0 Å². The first kappa shape index (κ1) is 15.8. The second-order valence-electron chi connectivity index (χ2n) is 5.35. The highest BCUT2D eigenvalue weighted by molar-refractivity contribution is 5.80. The fraction of sp³-hybridized carbons (Fsp3) is 0.438. The Balaban J connectivity index is 1.92. The number of aliphatic carboxylic acids is 1. The van der Waals surface area contributed by atoms with Crippen LogP contribution in [0.5, 0.6) is 0 Å². The van der Waals surface area contributed by atoms with Gasteiger partial charge in [-0.1, -0.05) is 36.8 Å². The van der Waals surface area contributed by atoms with Crippen molar-refractivity contribution in [1.82, 2.24) is 5.32 Å². The molecule has 6 nitrogen and oxygen atoms in total. The van der Waals surface area contributed by atoms with Crippen molar-refractivity contribution in [3.05, 3.63) is 35.9 Å². The molecule has 0 spiro atoms. The van der Waals surface area contributed by atoms with Crippen LogP contribution < -0.4 is 5.32 Å². The van der Waals surface area contributed by atoms with Crippen LogP contribution in [0.25, 0.3) is 0 Å². The van der Waals surface area contributed by atoms with E-state index in [0.717, 1.165) is 12.0 Å². The zero-order valence-corrected chi connectivity index (χ0v) is 12.1. The van der Waals surface area contributed by atoms with E-state index in [-0.39, 0.29) is 18.4 Å². The highest BCUT2D eigenvalue weighted by Gasteiger charge is 2.38. The summed E-state index contributed by atoms with van der Waals surface area (Å²) in [7, 11) is 0. The van der Waals surface area contributed by atoms with Crippen molar-refractivity contribution < 1.29 is 19.4 Å². The van der Waals surface area contributed by atoms with Crippen LogP contribution in [-0.2, 0) is 16.1 Å². The van der Waals surface area contributed by atoms with Gasteiger partial charge in [-0.2, -0.15) is 5.26 Å². The number of hydrogen-bond acceptors (Lipinski definition) is 4. The normalized spacial score (nSPS) is 21.6. The third-order valence-electron chi connectivity index (χ3n) is 3.92. The Kier molecular flexibility index (Phi) is 5.37. The Morgan fingerprint density at radius 3 is 2.73 bits per heavy atom. The van der Waals surface area contributed by atoms with Gasteiger partial charge >= 0.3 is 12.1 Å². The van der Waals surface area contributed by atoms with Crippen LogP contribution in [0.3, 0.4) is 0 Å². The van der Waals surface area contributed by atoms with Crippen molar-refractivity contribution in [2.45, 2.75) is 31.9 Å². The van der Waals surface area contributed by atoms with Gasteiger partial charge in [0, 0.05) is 5.92 Å². The molecule has 0 aliphatic heterocycles. The Morgan fingerprint density at radius 1 is 1.36 bits per heavy atom. The molecule has 0 heterocycles. The molecule has 1 fully saturated rings. The number of carboxylic acids is 1. The second-order valence-corrected chi connectivity index (χ2v) is 5.35. The van der Waals surface area contributed by atoms with Crippen molar-refractivity contribution in [3.63, 3.8) is 0 Å². The lowest BCUT2D eigenvalue weighted by atomic mass is 9.90. The number of ether oxygens (including phenoxy) is 1. The topological polar surface area (TPSA) is 99.4 Å². The van der Waals surface area contributed by atoms with E-state index in [1.807, 2.05) is 30.3 Å². The van der Waals surface area contributed by atoms with Gasteiger partial charge < -0.3 is 15.2 Å². The largest absolute Gasteiger partial charge is 0.480 e. The predicted octanol–water partition coefficient (Wildman–Crippen LogP) is 2.31. The van der Waals surface area contributed by atoms with Gasteiger partial charge in [-0.05, 0) is 18.4 Å². The molecule has 22 heavy (non-hydrogen) atoms. The standard InChI is InChI=1S/C16H18N2O4/c17-9-12-7-4-8-13(12)14(15(19)20)18-16(21)22-10-11-5-2-1-3-6-11/h1-3,5-6,12-14H,4,7-8,10H2,(H,18,21)(H,19,20). The highest BCUT2D eigenvalue weighted by Crippen LogP contribution is 2.33. The minimum Gasteiger partial charge on any atom is -0.480 e. The van der Waals surface area contributed by atoms with Gasteiger partial charge in [0.15, 0.2) is 0 Å². The lowest BCUT2D eigenvalue weighted by Gasteiger charge is -2.22. The molecule has 116 valence electrons. The number of rotatable bonds is 5. The van der Waals surface area contributed by atoms with Gasteiger partial charge in [-0.15, -0.1) is 0 Å². The SMILES string of the molecule is N#CC1CCCC1C(NC(=O)OCc1ccccc1)C(=O)O. The monoisotopic (exact) mass is 302 g/mol. The lowest BCUT2D eigenvalue weighted by molar-refractivity contribution is -0.141. The third-order valence-corrected chi connectivity index (χ3v) is 3.92. The molecule has 0 radical (unpaired) electrons. The molecular formula is C16H18N2O4. The first-order valence-electron chi connectivity index (χ1n) is 7.21. The van der Waals surface area contributed by atoms with E-state index in [1.54, 1.807) is 0 Å². The molecule has 3 unspecified atom stereocenters. The number of amides is 1. The predicted molar refractivity (Wildman–Crippen MR) is 77.6 cm³/mol. The molecular weight excluding hydrogens is 284 g/mol. The Morgan fingerprint density at radius 2 is 2.09 bits per heavy atom. The maximum Gasteiger partial charge on any atom is 0.408 e. The number of nitriles is 1. The highest BCUT2D eigenvalue weighted by atomic mass is 16.5. The van der Waals surface area contributed by atoms with Gasteiger partial charge in [-0.25, -0.2) is 9.59 Å². The van der Waals surface area contributed by atoms with E-state index in [1.165, 1.54) is 0 Å². The molecule has 1 amide bonds. The maximum atomic E-state index is 11.8. The van der Waals surface area contributed by atoms with Gasteiger partial charge in [0.25, 0.3) is 0 Å². The second kappa shape index (κ2) is 7.46. The van der Waals surface area contributed by atoms with Crippen LogP contribution in [-0.4, -0.2) is 23.2 Å². The van der Waals surface area contributed by atoms with Crippen molar-refractivity contribution in [2.75, 3.05) is 0 Å². The number of nitrogens with zero attached hydrogens (tertiary/aromatic N) is 1. The van der Waals surface area contributed by atoms with Crippen LogP contribution in [0.15, 0.2) is 30.3 Å². The molecule has 6 heteroatoms. The van der Waals surface area contributed by atoms with Gasteiger partial charge in [-0.3, -0.25) is 0 Å². The summed E-state index contributed by atoms with van der Waals surface area (Å²) < 4.78 is 5.04. The molecule has 1 aliphatic carbocycles. The van der Waals surface area contributed by atoms with Gasteiger partial charge in [0.1, 0.15) is 12.6 Å². The lowest BCUT2D eigenvalue weighted by Crippen LogP contribution is -2.47. The number of carboxylic acid groups (broad SMARTS) is 1. The van der Waals surface area contributed by atoms with Crippen molar-refractivity contribution in [2.24, 2.45) is 11.8 Å². The summed E-state index contributed by atoms with van der Waals surface area (Å²) in [5.41, 5.74) is 0.820. The number of alkyl carbamates (subject to hydrolysis) is 1. The Labute approximate surface area is 128 Å². The number of nitrogens with one attached hydrogen (secondary N) is 1. The number of benzene rings is 1. The first-order valence-corrected chi connectivity index (χ1v) is 7.21. The molecule has 0 saturated heterocycles. The number of hydrogen-bond donors (Lipinski definition) is 2. The fourth-order valence-corrected chi connectivity index (χ4v) is 2.79. The minimum absolute atomic E-state index is 0.0748. The summed E-state index contributed by atoms with van der Waals surface area (Å²) in [6.45, 7) is 0.0748. The Bertz CT molecular complexity index is 567. The van der Waals surface area contributed by atoms with Gasteiger partial charge in [0.2, 0.25) is 0 Å². The first-order chi connectivity index (χ1) is 10.6. The molecule has 2 N–H and O–H groups in total. The summed E-state index contributed by atoms with van der Waals surface area (Å²) in [4.78, 5) is 23.2. The van der Waals surface area contributed by atoms with E-state index < -0.39 is 18.1 Å². The van der Waals surface area contributed by atoms with E-state index in [4.69, 9.17) is 10.00 Å². The van der Waals surface area contributed by atoms with Crippen LogP contribution >= 0.6 is 0 Å². The van der Waals surface area contributed by atoms with Crippen LogP contribution in [0, 0.1) is 23.2 Å². The molecule has 1 aliphatic rings. The van der Waals surface area contributed by atoms with Gasteiger partial charge in [0.05, 0.1) is 12.0 Å². The number of carbonyl (C=O) groups excluding carboxylic acids is 1. The zero-order valence-electron chi connectivity index (χ0n) is 12.1. The minimum atomic E-state index is -1.14. The summed E-state index contributed by atoms with van der Waals surface area (Å²) in [5.74, 6) is -1.84. The molecule has 0 aromatic heterocycles. The van der Waals surface area contributed by atoms with Crippen LogP contribution in [0.1, 0.15) is 24.8 Å². The molecule has 1 aromatic rings. The van der Waals surface area contributed by atoms with E-state index >= 15 is 0 Å². The molecule has 1 aromatic carbocycles. The molecule has 3 atom stereocenters. The maximum absolute atomic E-state index is 11.8. The molecule has 1 saturated carbocycles. The smallest absolute Gasteiger partial charge is 0.408 e. The van der Waals surface area contributed by atoms with Crippen molar-refractivity contribution >= 4 is 12.1 Å². The number of carbonyl (C=O) groups is 2. The Hall–Kier alpha value is -2.55. The third kappa shape index (κ3) is 3.98. The summed E-state index contributed by atoms with van der Waals surface area (Å²) >= 11 is 0.